The number of nitrogen functional groups attached to an aromatic ring is 2. The SMILES string of the molecule is CC(Nc1nc(N)nc(N)c1C#N)c1nc2ccc(F)c(Cl)c2c(=O)n1-c1cccnc1. The number of hydrogen-bond donors (Lipinski definition) is 3. The van der Waals surface area contributed by atoms with E-state index in [1.165, 1.54) is 16.8 Å². The van der Waals surface area contributed by atoms with Gasteiger partial charge in [-0.25, -0.2) is 9.37 Å². The van der Waals surface area contributed by atoms with Crippen molar-refractivity contribution in [3.8, 4) is 11.8 Å². The molecule has 0 saturated heterocycles. The van der Waals surface area contributed by atoms with Crippen LogP contribution in [0.4, 0.5) is 22.0 Å². The summed E-state index contributed by atoms with van der Waals surface area (Å²) in [5, 5.41) is 12.0. The van der Waals surface area contributed by atoms with Crippen molar-refractivity contribution in [1.82, 2.24) is 24.5 Å². The molecule has 0 bridgehead atoms. The fourth-order valence-corrected chi connectivity index (χ4v) is 3.47. The third kappa shape index (κ3) is 3.52. The van der Waals surface area contributed by atoms with Crippen molar-refractivity contribution in [2.45, 2.75) is 13.0 Å². The number of nitriles is 1. The first-order valence-corrected chi connectivity index (χ1v) is 9.60. The molecule has 0 aliphatic rings. The molecule has 3 heterocycles. The summed E-state index contributed by atoms with van der Waals surface area (Å²) in [6, 6.07) is 7.02. The Bertz CT molecular complexity index is 1450. The minimum Gasteiger partial charge on any atom is -0.382 e. The van der Waals surface area contributed by atoms with Crippen molar-refractivity contribution in [2.75, 3.05) is 16.8 Å². The molecule has 0 amide bonds. The Morgan fingerprint density at radius 2 is 2.03 bits per heavy atom. The predicted molar refractivity (Wildman–Crippen MR) is 118 cm³/mol. The maximum absolute atomic E-state index is 14.1. The summed E-state index contributed by atoms with van der Waals surface area (Å²) in [7, 11) is 0. The van der Waals surface area contributed by atoms with Gasteiger partial charge in [0.15, 0.2) is 5.82 Å². The number of benzene rings is 1. The number of nitrogens with zero attached hydrogens (tertiary/aromatic N) is 6. The Hall–Kier alpha value is -4.30. The lowest BCUT2D eigenvalue weighted by molar-refractivity contribution is 0.629. The van der Waals surface area contributed by atoms with Crippen molar-refractivity contribution in [3.05, 3.63) is 69.2 Å². The molecule has 32 heavy (non-hydrogen) atoms. The van der Waals surface area contributed by atoms with Gasteiger partial charge < -0.3 is 16.8 Å². The molecule has 1 unspecified atom stereocenters. The lowest BCUT2D eigenvalue weighted by Gasteiger charge is -2.21. The highest BCUT2D eigenvalue weighted by atomic mass is 35.5. The van der Waals surface area contributed by atoms with Gasteiger partial charge in [-0.1, -0.05) is 11.6 Å². The van der Waals surface area contributed by atoms with E-state index in [0.29, 0.717) is 5.69 Å². The highest BCUT2D eigenvalue weighted by Gasteiger charge is 2.22. The van der Waals surface area contributed by atoms with Gasteiger partial charge >= 0.3 is 0 Å². The van der Waals surface area contributed by atoms with Crippen LogP contribution in [-0.4, -0.2) is 24.5 Å². The first kappa shape index (κ1) is 21.0. The monoisotopic (exact) mass is 451 g/mol. The van der Waals surface area contributed by atoms with Crippen molar-refractivity contribution in [3.63, 3.8) is 0 Å². The topological polar surface area (TPSA) is 161 Å². The smallest absolute Gasteiger partial charge is 0.267 e. The number of halogens is 2. The summed E-state index contributed by atoms with van der Waals surface area (Å²) in [4.78, 5) is 29.8. The molecule has 0 spiro atoms. The molecule has 3 aromatic heterocycles. The zero-order valence-corrected chi connectivity index (χ0v) is 17.3. The van der Waals surface area contributed by atoms with Crippen molar-refractivity contribution in [2.24, 2.45) is 0 Å². The third-order valence-electron chi connectivity index (χ3n) is 4.66. The zero-order chi connectivity index (χ0) is 23.0. The molecule has 160 valence electrons. The van der Waals surface area contributed by atoms with E-state index in [1.54, 1.807) is 25.3 Å². The first-order chi connectivity index (χ1) is 15.3. The minimum atomic E-state index is -0.736. The van der Waals surface area contributed by atoms with E-state index in [1.807, 2.05) is 6.07 Å². The van der Waals surface area contributed by atoms with Crippen LogP contribution in [0.15, 0.2) is 41.5 Å². The molecule has 10 nitrogen and oxygen atoms in total. The van der Waals surface area contributed by atoms with Crippen molar-refractivity contribution < 1.29 is 4.39 Å². The van der Waals surface area contributed by atoms with E-state index >= 15 is 0 Å². The van der Waals surface area contributed by atoms with Crippen LogP contribution in [0.25, 0.3) is 16.6 Å². The molecule has 0 fully saturated rings. The first-order valence-electron chi connectivity index (χ1n) is 9.22. The van der Waals surface area contributed by atoms with Gasteiger partial charge in [-0.2, -0.15) is 15.2 Å². The van der Waals surface area contributed by atoms with Gasteiger partial charge in [0, 0.05) is 6.20 Å². The Morgan fingerprint density at radius 3 is 2.72 bits per heavy atom. The van der Waals surface area contributed by atoms with Gasteiger partial charge in [-0.3, -0.25) is 14.3 Å². The summed E-state index contributed by atoms with van der Waals surface area (Å²) in [5.74, 6) is -0.643. The normalized spacial score (nSPS) is 11.8. The van der Waals surface area contributed by atoms with Crippen molar-refractivity contribution in [1.29, 1.82) is 5.26 Å². The number of rotatable bonds is 4. The van der Waals surface area contributed by atoms with E-state index in [2.05, 4.69) is 25.3 Å². The molecule has 4 rings (SSSR count). The Morgan fingerprint density at radius 1 is 1.25 bits per heavy atom. The maximum atomic E-state index is 14.1. The van der Waals surface area contributed by atoms with Gasteiger partial charge in [-0.15, -0.1) is 0 Å². The second kappa shape index (κ2) is 8.09. The summed E-state index contributed by atoms with van der Waals surface area (Å²) < 4.78 is 15.3. The average Bonchev–Trinajstić information content (AvgIpc) is 2.76. The predicted octanol–water partition coefficient (Wildman–Crippen LogP) is 2.57. The zero-order valence-electron chi connectivity index (χ0n) is 16.5. The van der Waals surface area contributed by atoms with E-state index in [0.717, 1.165) is 6.07 Å². The molecular formula is C20H15ClFN9O. The van der Waals surface area contributed by atoms with E-state index in [-0.39, 0.29) is 44.9 Å². The lowest BCUT2D eigenvalue weighted by Crippen LogP contribution is -2.28. The van der Waals surface area contributed by atoms with E-state index in [4.69, 9.17) is 23.1 Å². The van der Waals surface area contributed by atoms with Crippen LogP contribution >= 0.6 is 11.6 Å². The minimum absolute atomic E-state index is 0.00719. The standard InChI is InChI=1S/C20H15ClFN9O/c1-9(27-17-11(7-23)16(24)29-20(25)30-17)18-28-13-5-4-12(22)15(21)14(13)19(32)31(18)10-3-2-6-26-8-10/h2-6,8-9H,1H3,(H5,24,25,27,29,30). The number of anilines is 3. The van der Waals surface area contributed by atoms with E-state index < -0.39 is 17.4 Å². The van der Waals surface area contributed by atoms with Crippen LogP contribution in [0.3, 0.4) is 0 Å². The quantitative estimate of drug-likeness (QED) is 0.423. The van der Waals surface area contributed by atoms with Crippen LogP contribution < -0.4 is 22.3 Å². The summed E-state index contributed by atoms with van der Waals surface area (Å²) in [6.45, 7) is 1.70. The molecule has 0 saturated carbocycles. The fourth-order valence-electron chi connectivity index (χ4n) is 3.23. The summed E-state index contributed by atoms with van der Waals surface area (Å²) in [6.07, 6.45) is 3.00. The average molecular weight is 452 g/mol. The third-order valence-corrected chi connectivity index (χ3v) is 5.03. The van der Waals surface area contributed by atoms with Gasteiger partial charge in [0.1, 0.15) is 29.1 Å². The maximum Gasteiger partial charge on any atom is 0.267 e. The number of nitrogens with two attached hydrogens (primary N) is 2. The van der Waals surface area contributed by atoms with Gasteiger partial charge in [0.25, 0.3) is 5.56 Å². The van der Waals surface area contributed by atoms with Gasteiger partial charge in [0.2, 0.25) is 5.95 Å². The Labute approximate surface area is 185 Å². The van der Waals surface area contributed by atoms with Gasteiger partial charge in [0.05, 0.1) is 33.9 Å². The number of aromatic nitrogens is 5. The highest BCUT2D eigenvalue weighted by molar-refractivity contribution is 6.35. The molecule has 0 radical (unpaired) electrons. The molecule has 0 aliphatic heterocycles. The number of nitrogens with one attached hydrogen (secondary N) is 1. The number of fused-ring (bicyclic) bond motifs is 1. The van der Waals surface area contributed by atoms with Crippen molar-refractivity contribution >= 4 is 40.1 Å². The molecule has 5 N–H and O–H groups in total. The largest absolute Gasteiger partial charge is 0.382 e. The van der Waals surface area contributed by atoms with Crippen LogP contribution in [0.2, 0.25) is 5.02 Å². The molecule has 0 aliphatic carbocycles. The molecule has 4 aromatic rings. The number of pyridine rings is 1. The molecule has 1 aromatic carbocycles. The van der Waals surface area contributed by atoms with Crippen LogP contribution in [-0.2, 0) is 0 Å². The Balaban J connectivity index is 1.96. The van der Waals surface area contributed by atoms with Crippen LogP contribution in [0.5, 0.6) is 0 Å². The lowest BCUT2D eigenvalue weighted by atomic mass is 10.2. The van der Waals surface area contributed by atoms with E-state index in [9.17, 15) is 14.4 Å². The summed E-state index contributed by atoms with van der Waals surface area (Å²) >= 11 is 6.09. The highest BCUT2D eigenvalue weighted by Crippen LogP contribution is 2.27. The van der Waals surface area contributed by atoms with Gasteiger partial charge in [-0.05, 0) is 31.2 Å². The van der Waals surface area contributed by atoms with Crippen LogP contribution in [0, 0.1) is 17.1 Å². The second-order valence-electron chi connectivity index (χ2n) is 6.75. The number of hydrogen-bond acceptors (Lipinski definition) is 9. The second-order valence-corrected chi connectivity index (χ2v) is 7.12. The van der Waals surface area contributed by atoms with Crippen LogP contribution in [0.1, 0.15) is 24.4 Å². The fraction of sp³-hybridized carbons (Fsp3) is 0.100. The summed E-state index contributed by atoms with van der Waals surface area (Å²) in [5.41, 5.74) is 11.4. The molecular weight excluding hydrogens is 437 g/mol. The Kier molecular flexibility index (Phi) is 5.29. The molecule has 1 atom stereocenters. The molecule has 12 heteroatoms.